The lowest BCUT2D eigenvalue weighted by Gasteiger charge is -2.23. The van der Waals surface area contributed by atoms with Gasteiger partial charge in [0.15, 0.2) is 11.6 Å². The van der Waals surface area contributed by atoms with Crippen molar-refractivity contribution in [1.29, 1.82) is 0 Å². The molecule has 0 spiro atoms. The Kier molecular flexibility index (Phi) is 5.17. The normalized spacial score (nSPS) is 17.4. The number of benzene rings is 2. The molecule has 3 aromatic rings. The highest BCUT2D eigenvalue weighted by Crippen LogP contribution is 2.39. The molecule has 0 fully saturated rings. The van der Waals surface area contributed by atoms with Crippen LogP contribution in [0.1, 0.15) is 44.4 Å². The lowest BCUT2D eigenvalue weighted by molar-refractivity contribution is -0.116. The molecule has 2 aromatic carbocycles. The minimum atomic E-state index is -0.574. The fourth-order valence-electron chi connectivity index (χ4n) is 3.71. The van der Waals surface area contributed by atoms with E-state index in [0.29, 0.717) is 16.8 Å². The highest BCUT2D eigenvalue weighted by Gasteiger charge is 2.37. The third-order valence-corrected chi connectivity index (χ3v) is 6.11. The van der Waals surface area contributed by atoms with E-state index >= 15 is 0 Å². The Morgan fingerprint density at radius 2 is 1.75 bits per heavy atom. The van der Waals surface area contributed by atoms with E-state index in [2.05, 4.69) is 5.32 Å². The standard InChI is InChI=1S/C23H19NO3S/c25-20(15-7-2-1-3-8-15)13-17(21-11-6-12-28-21)18-14-22(26)24-19-10-5-4-9-16(19)23(18)27/h1-12,17-18H,13-14H2,(H,24,26). The van der Waals surface area contributed by atoms with E-state index in [1.54, 1.807) is 36.4 Å². The van der Waals surface area contributed by atoms with Crippen molar-refractivity contribution in [1.82, 2.24) is 0 Å². The van der Waals surface area contributed by atoms with Crippen LogP contribution in [0.25, 0.3) is 0 Å². The summed E-state index contributed by atoms with van der Waals surface area (Å²) in [7, 11) is 0. The van der Waals surface area contributed by atoms with Crippen molar-refractivity contribution in [3.8, 4) is 0 Å². The van der Waals surface area contributed by atoms with Crippen molar-refractivity contribution < 1.29 is 14.4 Å². The molecule has 2 heterocycles. The molecule has 5 heteroatoms. The van der Waals surface area contributed by atoms with Gasteiger partial charge in [0.2, 0.25) is 5.91 Å². The van der Waals surface area contributed by atoms with E-state index in [9.17, 15) is 14.4 Å². The first-order valence-electron chi connectivity index (χ1n) is 9.18. The minimum absolute atomic E-state index is 0.0234. The third kappa shape index (κ3) is 3.66. The maximum absolute atomic E-state index is 13.3. The van der Waals surface area contributed by atoms with Crippen LogP contribution in [-0.4, -0.2) is 17.5 Å². The number of para-hydroxylation sites is 1. The Bertz CT molecular complexity index is 1010. The first kappa shape index (κ1) is 18.3. The second-order valence-corrected chi connectivity index (χ2v) is 7.86. The second-order valence-electron chi connectivity index (χ2n) is 6.88. The van der Waals surface area contributed by atoms with Gasteiger partial charge in [-0.25, -0.2) is 0 Å². The van der Waals surface area contributed by atoms with Crippen LogP contribution in [0.4, 0.5) is 5.69 Å². The van der Waals surface area contributed by atoms with E-state index < -0.39 is 5.92 Å². The fraction of sp³-hybridized carbons (Fsp3) is 0.174. The molecular formula is C23H19NO3S. The quantitative estimate of drug-likeness (QED) is 0.628. The molecule has 140 valence electrons. The molecule has 0 aliphatic carbocycles. The van der Waals surface area contributed by atoms with Crippen molar-refractivity contribution >= 4 is 34.5 Å². The summed E-state index contributed by atoms with van der Waals surface area (Å²) in [6.07, 6.45) is 0.258. The highest BCUT2D eigenvalue weighted by molar-refractivity contribution is 7.10. The highest BCUT2D eigenvalue weighted by atomic mass is 32.1. The van der Waals surface area contributed by atoms with Crippen molar-refractivity contribution in [3.05, 3.63) is 88.1 Å². The predicted octanol–water partition coefficient (Wildman–Crippen LogP) is 4.95. The Morgan fingerprint density at radius 3 is 2.50 bits per heavy atom. The van der Waals surface area contributed by atoms with Gasteiger partial charge in [0.25, 0.3) is 0 Å². The second kappa shape index (κ2) is 7.90. The SMILES string of the molecule is O=C1CC(C(CC(=O)c2ccccc2)c2cccs2)C(=O)c2ccccc2N1. The van der Waals surface area contributed by atoms with Crippen LogP contribution >= 0.6 is 11.3 Å². The Balaban J connectivity index is 1.71. The molecule has 0 bridgehead atoms. The number of hydrogen-bond donors (Lipinski definition) is 1. The number of Topliss-reactive ketones (excluding diaryl/α,β-unsaturated/α-hetero) is 2. The number of rotatable bonds is 5. The number of amides is 1. The number of anilines is 1. The fourth-order valence-corrected chi connectivity index (χ4v) is 4.60. The molecule has 2 atom stereocenters. The average Bonchev–Trinajstić information content (AvgIpc) is 3.21. The van der Waals surface area contributed by atoms with Crippen molar-refractivity contribution in [2.75, 3.05) is 5.32 Å². The van der Waals surface area contributed by atoms with Gasteiger partial charge in [-0.2, -0.15) is 0 Å². The van der Waals surface area contributed by atoms with E-state index in [-0.39, 0.29) is 36.2 Å². The largest absolute Gasteiger partial charge is 0.325 e. The minimum Gasteiger partial charge on any atom is -0.325 e. The number of hydrogen-bond acceptors (Lipinski definition) is 4. The van der Waals surface area contributed by atoms with Crippen molar-refractivity contribution in [2.24, 2.45) is 5.92 Å². The van der Waals surface area contributed by atoms with Gasteiger partial charge in [-0.3, -0.25) is 14.4 Å². The summed E-state index contributed by atoms with van der Waals surface area (Å²) >= 11 is 1.52. The summed E-state index contributed by atoms with van der Waals surface area (Å²) in [5.41, 5.74) is 1.67. The summed E-state index contributed by atoms with van der Waals surface area (Å²) in [5.74, 6) is -1.22. The number of carbonyl (C=O) groups excluding carboxylic acids is 3. The van der Waals surface area contributed by atoms with E-state index in [1.165, 1.54) is 11.3 Å². The molecule has 28 heavy (non-hydrogen) atoms. The lowest BCUT2D eigenvalue weighted by Crippen LogP contribution is -2.26. The van der Waals surface area contributed by atoms with Crippen molar-refractivity contribution in [3.63, 3.8) is 0 Å². The maximum Gasteiger partial charge on any atom is 0.225 e. The third-order valence-electron chi connectivity index (χ3n) is 5.10. The summed E-state index contributed by atoms with van der Waals surface area (Å²) in [5, 5.41) is 4.76. The van der Waals surface area contributed by atoms with Gasteiger partial charge < -0.3 is 5.32 Å². The topological polar surface area (TPSA) is 63.2 Å². The summed E-state index contributed by atoms with van der Waals surface area (Å²) in [6.45, 7) is 0. The van der Waals surface area contributed by atoms with Gasteiger partial charge in [-0.15, -0.1) is 11.3 Å². The van der Waals surface area contributed by atoms with Gasteiger partial charge in [0, 0.05) is 40.7 Å². The van der Waals surface area contributed by atoms with Crippen LogP contribution in [0.2, 0.25) is 0 Å². The summed E-state index contributed by atoms with van der Waals surface area (Å²) in [4.78, 5) is 39.7. The zero-order valence-electron chi connectivity index (χ0n) is 15.1. The van der Waals surface area contributed by atoms with Crippen LogP contribution in [0.5, 0.6) is 0 Å². The van der Waals surface area contributed by atoms with Gasteiger partial charge in [-0.1, -0.05) is 48.5 Å². The Labute approximate surface area is 167 Å². The zero-order chi connectivity index (χ0) is 19.5. The van der Waals surface area contributed by atoms with Crippen LogP contribution < -0.4 is 5.32 Å². The van der Waals surface area contributed by atoms with Crippen molar-refractivity contribution in [2.45, 2.75) is 18.8 Å². The molecule has 2 unspecified atom stereocenters. The number of nitrogens with one attached hydrogen (secondary N) is 1. The summed E-state index contributed by atoms with van der Waals surface area (Å²) < 4.78 is 0. The molecule has 0 radical (unpaired) electrons. The van der Waals surface area contributed by atoms with Crippen LogP contribution in [0.15, 0.2) is 72.1 Å². The van der Waals surface area contributed by atoms with E-state index in [0.717, 1.165) is 4.88 Å². The molecule has 4 nitrogen and oxygen atoms in total. The van der Waals surface area contributed by atoms with Gasteiger partial charge in [-0.05, 0) is 23.6 Å². The van der Waals surface area contributed by atoms with Gasteiger partial charge in [0.1, 0.15) is 0 Å². The number of ketones is 2. The van der Waals surface area contributed by atoms with Crippen LogP contribution in [-0.2, 0) is 4.79 Å². The molecule has 0 saturated heterocycles. The monoisotopic (exact) mass is 389 g/mol. The van der Waals surface area contributed by atoms with E-state index in [4.69, 9.17) is 0 Å². The maximum atomic E-state index is 13.3. The molecule has 4 rings (SSSR count). The Morgan fingerprint density at radius 1 is 1.00 bits per heavy atom. The number of fused-ring (bicyclic) bond motifs is 1. The molecule has 1 aliphatic rings. The average molecular weight is 389 g/mol. The smallest absolute Gasteiger partial charge is 0.225 e. The molecule has 1 N–H and O–H groups in total. The summed E-state index contributed by atoms with van der Waals surface area (Å²) in [6, 6.07) is 20.0. The lowest BCUT2D eigenvalue weighted by atomic mass is 9.79. The molecule has 1 amide bonds. The van der Waals surface area contributed by atoms with E-state index in [1.807, 2.05) is 35.7 Å². The molecular weight excluding hydrogens is 370 g/mol. The van der Waals surface area contributed by atoms with Crippen LogP contribution in [0, 0.1) is 5.92 Å². The molecule has 1 aliphatic heterocycles. The first-order chi connectivity index (χ1) is 13.6. The molecule has 0 saturated carbocycles. The zero-order valence-corrected chi connectivity index (χ0v) is 15.9. The molecule has 1 aromatic heterocycles. The number of carbonyl (C=O) groups is 3. The van der Waals surface area contributed by atoms with Gasteiger partial charge in [0.05, 0.1) is 5.69 Å². The first-order valence-corrected chi connectivity index (χ1v) is 10.1. The van der Waals surface area contributed by atoms with Gasteiger partial charge >= 0.3 is 0 Å². The Hall–Kier alpha value is -3.05. The predicted molar refractivity (Wildman–Crippen MR) is 110 cm³/mol. The number of thiophene rings is 1. The van der Waals surface area contributed by atoms with Crippen LogP contribution in [0.3, 0.4) is 0 Å².